The minimum Gasteiger partial charge on any atom is -0.508 e. The summed E-state index contributed by atoms with van der Waals surface area (Å²) in [6.45, 7) is 3.92. The van der Waals surface area contributed by atoms with E-state index in [-0.39, 0.29) is 17.2 Å². The Morgan fingerprint density at radius 1 is 1.16 bits per heavy atom. The molecule has 0 heterocycles. The molecule has 0 saturated carbocycles. The second-order valence-corrected chi connectivity index (χ2v) is 7.21. The molecule has 0 amide bonds. The van der Waals surface area contributed by atoms with Crippen molar-refractivity contribution in [2.45, 2.75) is 19.8 Å². The first-order valence-electron chi connectivity index (χ1n) is 7.20. The van der Waals surface area contributed by atoms with Crippen molar-refractivity contribution in [2.75, 3.05) is 0 Å². The molecule has 0 atom stereocenters. The van der Waals surface area contributed by atoms with Gasteiger partial charge in [0.05, 0.1) is 8.95 Å². The van der Waals surface area contributed by atoms with Crippen molar-refractivity contribution in [1.29, 1.82) is 0 Å². The number of nitrogens with zero attached hydrogens (tertiary/aromatic N) is 1. The van der Waals surface area contributed by atoms with Gasteiger partial charge in [0.1, 0.15) is 11.5 Å². The molecule has 0 bridgehead atoms. The SMILES string of the molecule is CC(C)c1cc(Oc2c(Br)cc(/C(=N\O)C(=O)O)cc2Br)ccc1O. The van der Waals surface area contributed by atoms with Gasteiger partial charge in [-0.15, -0.1) is 0 Å². The third kappa shape index (κ3) is 4.32. The van der Waals surface area contributed by atoms with E-state index in [2.05, 4.69) is 37.0 Å². The molecule has 2 rings (SSSR count). The third-order valence-corrected chi connectivity index (χ3v) is 4.59. The molecule has 25 heavy (non-hydrogen) atoms. The highest BCUT2D eigenvalue weighted by atomic mass is 79.9. The number of aromatic hydroxyl groups is 1. The maximum atomic E-state index is 11.1. The Kier molecular flexibility index (Phi) is 6.07. The molecule has 2 aromatic carbocycles. The minimum atomic E-state index is -1.35. The van der Waals surface area contributed by atoms with Crippen LogP contribution in [0, 0.1) is 0 Å². The van der Waals surface area contributed by atoms with Crippen LogP contribution in [0.3, 0.4) is 0 Å². The van der Waals surface area contributed by atoms with E-state index in [1.54, 1.807) is 18.2 Å². The molecule has 0 aromatic heterocycles. The van der Waals surface area contributed by atoms with Crippen LogP contribution >= 0.6 is 31.9 Å². The number of phenolic OH excluding ortho intramolecular Hbond substituents is 1. The van der Waals surface area contributed by atoms with Gasteiger partial charge in [0.15, 0.2) is 11.5 Å². The van der Waals surface area contributed by atoms with Crippen molar-refractivity contribution in [3.8, 4) is 17.2 Å². The lowest BCUT2D eigenvalue weighted by atomic mass is 10.0. The lowest BCUT2D eigenvalue weighted by Crippen LogP contribution is -2.14. The third-order valence-electron chi connectivity index (χ3n) is 3.42. The highest BCUT2D eigenvalue weighted by Gasteiger charge is 2.18. The summed E-state index contributed by atoms with van der Waals surface area (Å²) in [6.07, 6.45) is 0. The zero-order valence-corrected chi connectivity index (χ0v) is 16.5. The minimum absolute atomic E-state index is 0.122. The Hall–Kier alpha value is -2.06. The maximum Gasteiger partial charge on any atom is 0.358 e. The van der Waals surface area contributed by atoms with Crippen molar-refractivity contribution in [2.24, 2.45) is 5.16 Å². The van der Waals surface area contributed by atoms with Crippen molar-refractivity contribution in [3.63, 3.8) is 0 Å². The molecule has 0 aliphatic rings. The quantitative estimate of drug-likeness (QED) is 0.319. The van der Waals surface area contributed by atoms with Gasteiger partial charge < -0.3 is 20.2 Å². The molecule has 0 aliphatic carbocycles. The predicted octanol–water partition coefficient (Wildman–Crippen LogP) is 5.10. The van der Waals surface area contributed by atoms with E-state index in [1.807, 2.05) is 13.8 Å². The number of benzene rings is 2. The van der Waals surface area contributed by atoms with Crippen LogP contribution in [0.1, 0.15) is 30.9 Å². The highest BCUT2D eigenvalue weighted by molar-refractivity contribution is 9.11. The van der Waals surface area contributed by atoms with E-state index in [0.717, 1.165) is 5.56 Å². The molecule has 0 fully saturated rings. The molecule has 132 valence electrons. The smallest absolute Gasteiger partial charge is 0.358 e. The first kappa shape index (κ1) is 19.3. The number of hydrogen-bond donors (Lipinski definition) is 3. The van der Waals surface area contributed by atoms with E-state index in [0.29, 0.717) is 20.4 Å². The second kappa shape index (κ2) is 7.88. The van der Waals surface area contributed by atoms with Crippen LogP contribution in [-0.2, 0) is 4.79 Å². The van der Waals surface area contributed by atoms with E-state index in [9.17, 15) is 9.90 Å². The van der Waals surface area contributed by atoms with Crippen LogP contribution in [-0.4, -0.2) is 27.1 Å². The number of carbonyl (C=O) groups is 1. The van der Waals surface area contributed by atoms with Gasteiger partial charge in [-0.25, -0.2) is 4.79 Å². The molecule has 0 unspecified atom stereocenters. The summed E-state index contributed by atoms with van der Waals surface area (Å²) in [5, 5.41) is 30.6. The van der Waals surface area contributed by atoms with Crippen LogP contribution in [0.25, 0.3) is 0 Å². The van der Waals surface area contributed by atoms with Crippen LogP contribution in [0.2, 0.25) is 0 Å². The average molecular weight is 473 g/mol. The van der Waals surface area contributed by atoms with Gasteiger partial charge in [-0.2, -0.15) is 0 Å². The monoisotopic (exact) mass is 471 g/mol. The van der Waals surface area contributed by atoms with E-state index < -0.39 is 11.7 Å². The molecular weight excluding hydrogens is 458 g/mol. The molecule has 2 aromatic rings. The van der Waals surface area contributed by atoms with Gasteiger partial charge in [0.2, 0.25) is 0 Å². The summed E-state index contributed by atoms with van der Waals surface area (Å²) >= 11 is 6.66. The summed E-state index contributed by atoms with van der Waals surface area (Å²) in [7, 11) is 0. The standard InChI is InChI=1S/C17H15Br2NO5/c1-8(2)11-7-10(3-4-14(11)21)25-16-12(18)5-9(6-13(16)19)15(20-24)17(22)23/h3-8,21,24H,1-2H3,(H,22,23)/b20-15+. The summed E-state index contributed by atoms with van der Waals surface area (Å²) in [4.78, 5) is 11.1. The largest absolute Gasteiger partial charge is 0.508 e. The molecular formula is C17H15Br2NO5. The molecule has 6 nitrogen and oxygen atoms in total. The number of phenols is 1. The zero-order valence-electron chi connectivity index (χ0n) is 13.3. The van der Waals surface area contributed by atoms with Crippen molar-refractivity contribution in [3.05, 3.63) is 50.4 Å². The lowest BCUT2D eigenvalue weighted by Gasteiger charge is -2.14. The van der Waals surface area contributed by atoms with Crippen LogP contribution < -0.4 is 4.74 Å². The molecule has 0 radical (unpaired) electrons. The van der Waals surface area contributed by atoms with Gasteiger partial charge in [0, 0.05) is 11.1 Å². The van der Waals surface area contributed by atoms with Crippen LogP contribution in [0.5, 0.6) is 17.2 Å². The van der Waals surface area contributed by atoms with E-state index in [1.165, 1.54) is 12.1 Å². The molecule has 8 heteroatoms. The van der Waals surface area contributed by atoms with Crippen molar-refractivity contribution >= 4 is 43.5 Å². The topological polar surface area (TPSA) is 99.4 Å². The highest BCUT2D eigenvalue weighted by Crippen LogP contribution is 2.39. The maximum absolute atomic E-state index is 11.1. The van der Waals surface area contributed by atoms with Gasteiger partial charge in [0.25, 0.3) is 0 Å². The number of ether oxygens (including phenoxy) is 1. The number of hydrogen-bond acceptors (Lipinski definition) is 5. The zero-order chi connectivity index (χ0) is 18.7. The Morgan fingerprint density at radius 3 is 2.24 bits per heavy atom. The molecule has 0 aliphatic heterocycles. The summed E-state index contributed by atoms with van der Waals surface area (Å²) < 4.78 is 6.80. The van der Waals surface area contributed by atoms with Crippen LogP contribution in [0.4, 0.5) is 0 Å². The van der Waals surface area contributed by atoms with Gasteiger partial charge >= 0.3 is 5.97 Å². The number of carboxylic acids is 1. The fourth-order valence-corrected chi connectivity index (χ4v) is 3.54. The molecule has 0 saturated heterocycles. The fraction of sp³-hybridized carbons (Fsp3) is 0.176. The summed E-state index contributed by atoms with van der Waals surface area (Å²) in [5.41, 5.74) is 0.469. The number of aliphatic carboxylic acids is 1. The predicted molar refractivity (Wildman–Crippen MR) is 100 cm³/mol. The summed E-state index contributed by atoms with van der Waals surface area (Å²) in [6, 6.07) is 7.89. The lowest BCUT2D eigenvalue weighted by molar-refractivity contribution is -0.129. The van der Waals surface area contributed by atoms with Gasteiger partial charge in [-0.3, -0.25) is 0 Å². The van der Waals surface area contributed by atoms with Gasteiger partial charge in [-0.1, -0.05) is 19.0 Å². The Morgan fingerprint density at radius 2 is 1.76 bits per heavy atom. The van der Waals surface area contributed by atoms with Crippen molar-refractivity contribution in [1.82, 2.24) is 0 Å². The number of rotatable bonds is 5. The average Bonchev–Trinajstić information content (AvgIpc) is 2.52. The first-order chi connectivity index (χ1) is 11.7. The first-order valence-corrected chi connectivity index (χ1v) is 8.78. The van der Waals surface area contributed by atoms with E-state index in [4.69, 9.17) is 15.1 Å². The van der Waals surface area contributed by atoms with Crippen LogP contribution in [0.15, 0.2) is 44.4 Å². The number of oxime groups is 1. The fourth-order valence-electron chi connectivity index (χ4n) is 2.19. The summed E-state index contributed by atoms with van der Waals surface area (Å²) in [5.74, 6) is -0.0929. The Balaban J connectivity index is 2.42. The van der Waals surface area contributed by atoms with Crippen molar-refractivity contribution < 1.29 is 25.0 Å². The number of carboxylic acid groups (broad SMARTS) is 1. The second-order valence-electron chi connectivity index (χ2n) is 5.50. The normalized spacial score (nSPS) is 11.6. The Bertz CT molecular complexity index is 826. The van der Waals surface area contributed by atoms with Gasteiger partial charge in [-0.05, 0) is 68.1 Å². The molecule has 3 N–H and O–H groups in total. The van der Waals surface area contributed by atoms with E-state index >= 15 is 0 Å². The Labute approximate surface area is 161 Å². The molecule has 0 spiro atoms. The number of halogens is 2.